The number of esters is 1. The Hall–Kier alpha value is -2.18. The Bertz CT molecular complexity index is 942. The first-order valence-corrected chi connectivity index (χ1v) is 23.4. The van der Waals surface area contributed by atoms with Gasteiger partial charge in [0.25, 0.3) is 0 Å². The van der Waals surface area contributed by atoms with E-state index in [9.17, 15) is 19.8 Å². The molecular weight excluding hydrogens is 683 g/mol. The molecule has 1 amide bonds. The standard InChI is InChI=1S/C49H89NO5/c1-3-5-7-9-11-13-15-16-17-18-19-23-27-31-35-39-43-49(54)55-44-40-36-32-28-24-20-22-26-30-34-38-42-48(53)50-46(45-51)47(52)41-37-33-29-25-21-14-12-10-8-6-4-2/h13,15,17-18,24,28,37,41,46-47,51-52H,3-12,14,16,19-23,25-27,29-36,38-40,42-45H2,1-2H3,(H,50,53)/b15-13-,18-17-,28-24-,41-37+. The number of unbranched alkanes of at least 4 members (excludes halogenated alkanes) is 25. The van der Waals surface area contributed by atoms with Crippen molar-refractivity contribution in [2.75, 3.05) is 13.2 Å². The predicted molar refractivity (Wildman–Crippen MR) is 236 cm³/mol. The Labute approximate surface area is 340 Å². The van der Waals surface area contributed by atoms with Gasteiger partial charge in [0.05, 0.1) is 25.4 Å². The smallest absolute Gasteiger partial charge is 0.305 e. The van der Waals surface area contributed by atoms with E-state index in [0.717, 1.165) is 96.3 Å². The SMILES string of the molecule is CCCCCC/C=C\C/C=C\CCCCCCCC(=O)OCCCC/C=C\CCCCCCCC(=O)NC(CO)C(O)/C=C/CCCCCCCCCCC. The maximum Gasteiger partial charge on any atom is 0.305 e. The summed E-state index contributed by atoms with van der Waals surface area (Å²) < 4.78 is 5.42. The minimum atomic E-state index is -0.862. The molecular formula is C49H89NO5. The minimum Gasteiger partial charge on any atom is -0.466 e. The molecule has 0 aromatic carbocycles. The Balaban J connectivity index is 3.57. The first-order chi connectivity index (χ1) is 27.0. The van der Waals surface area contributed by atoms with Crippen LogP contribution in [-0.2, 0) is 14.3 Å². The Kier molecular flexibility index (Phi) is 42.8. The maximum absolute atomic E-state index is 12.4. The van der Waals surface area contributed by atoms with Crippen LogP contribution in [0.15, 0.2) is 48.6 Å². The van der Waals surface area contributed by atoms with E-state index in [1.54, 1.807) is 6.08 Å². The number of nitrogens with one attached hydrogen (secondary N) is 1. The molecule has 0 bridgehead atoms. The summed E-state index contributed by atoms with van der Waals surface area (Å²) in [4.78, 5) is 24.4. The van der Waals surface area contributed by atoms with Crippen LogP contribution in [0.2, 0.25) is 0 Å². The average Bonchev–Trinajstić information content (AvgIpc) is 3.18. The summed E-state index contributed by atoms with van der Waals surface area (Å²) in [6, 6.07) is -0.649. The van der Waals surface area contributed by atoms with E-state index < -0.39 is 12.1 Å². The van der Waals surface area contributed by atoms with Gasteiger partial charge in [-0.05, 0) is 89.9 Å². The van der Waals surface area contributed by atoms with Gasteiger partial charge in [0, 0.05) is 12.8 Å². The molecule has 0 spiro atoms. The van der Waals surface area contributed by atoms with E-state index in [4.69, 9.17) is 4.74 Å². The van der Waals surface area contributed by atoms with Gasteiger partial charge in [-0.25, -0.2) is 0 Å². The van der Waals surface area contributed by atoms with Crippen molar-refractivity contribution in [1.82, 2.24) is 5.32 Å². The molecule has 0 radical (unpaired) electrons. The van der Waals surface area contributed by atoms with Crippen LogP contribution in [0.4, 0.5) is 0 Å². The highest BCUT2D eigenvalue weighted by atomic mass is 16.5. The molecule has 0 aliphatic heterocycles. The lowest BCUT2D eigenvalue weighted by molar-refractivity contribution is -0.143. The van der Waals surface area contributed by atoms with Gasteiger partial charge < -0.3 is 20.3 Å². The highest BCUT2D eigenvalue weighted by Gasteiger charge is 2.18. The van der Waals surface area contributed by atoms with Gasteiger partial charge in [0.15, 0.2) is 0 Å². The van der Waals surface area contributed by atoms with Crippen molar-refractivity contribution >= 4 is 11.9 Å². The molecule has 0 aromatic heterocycles. The first-order valence-electron chi connectivity index (χ1n) is 23.4. The molecule has 55 heavy (non-hydrogen) atoms. The van der Waals surface area contributed by atoms with Crippen LogP contribution in [0.25, 0.3) is 0 Å². The third kappa shape index (κ3) is 41.3. The zero-order valence-corrected chi connectivity index (χ0v) is 36.1. The van der Waals surface area contributed by atoms with Gasteiger partial charge in [0.1, 0.15) is 0 Å². The molecule has 2 unspecified atom stereocenters. The summed E-state index contributed by atoms with van der Waals surface area (Å²) in [5.74, 6) is -0.150. The Morgan fingerprint density at radius 1 is 0.509 bits per heavy atom. The van der Waals surface area contributed by atoms with Crippen molar-refractivity contribution in [2.24, 2.45) is 0 Å². The van der Waals surface area contributed by atoms with E-state index in [1.807, 2.05) is 6.08 Å². The van der Waals surface area contributed by atoms with Gasteiger partial charge in [-0.2, -0.15) is 0 Å². The van der Waals surface area contributed by atoms with Gasteiger partial charge in [-0.3, -0.25) is 9.59 Å². The normalized spacial score (nSPS) is 13.2. The number of allylic oxidation sites excluding steroid dienone is 7. The average molecular weight is 772 g/mol. The number of hydrogen-bond donors (Lipinski definition) is 3. The minimum absolute atomic E-state index is 0.0480. The number of carbonyl (C=O) groups excluding carboxylic acids is 2. The Morgan fingerprint density at radius 2 is 0.909 bits per heavy atom. The first kappa shape index (κ1) is 52.8. The van der Waals surface area contributed by atoms with Crippen LogP contribution in [0.3, 0.4) is 0 Å². The number of rotatable bonds is 42. The summed E-state index contributed by atoms with van der Waals surface area (Å²) in [6.45, 7) is 4.76. The van der Waals surface area contributed by atoms with E-state index in [0.29, 0.717) is 19.4 Å². The second kappa shape index (κ2) is 44.5. The number of aliphatic hydroxyl groups is 2. The van der Waals surface area contributed by atoms with Crippen LogP contribution in [0, 0.1) is 0 Å². The number of amides is 1. The second-order valence-electron chi connectivity index (χ2n) is 15.7. The monoisotopic (exact) mass is 772 g/mol. The summed E-state index contributed by atoms with van der Waals surface area (Å²) in [5, 5.41) is 22.9. The summed E-state index contributed by atoms with van der Waals surface area (Å²) in [5.41, 5.74) is 0. The van der Waals surface area contributed by atoms with Gasteiger partial charge in [-0.15, -0.1) is 0 Å². The predicted octanol–water partition coefficient (Wildman–Crippen LogP) is 13.5. The zero-order valence-electron chi connectivity index (χ0n) is 36.1. The molecule has 0 saturated carbocycles. The highest BCUT2D eigenvalue weighted by molar-refractivity contribution is 5.76. The molecule has 0 aliphatic carbocycles. The van der Waals surface area contributed by atoms with Gasteiger partial charge in [0.2, 0.25) is 5.91 Å². The molecule has 6 heteroatoms. The number of aliphatic hydroxyl groups excluding tert-OH is 2. The lowest BCUT2D eigenvalue weighted by Crippen LogP contribution is -2.45. The third-order valence-electron chi connectivity index (χ3n) is 10.3. The lowest BCUT2D eigenvalue weighted by Gasteiger charge is -2.20. The maximum atomic E-state index is 12.4. The highest BCUT2D eigenvalue weighted by Crippen LogP contribution is 2.13. The molecule has 0 saturated heterocycles. The van der Waals surface area contributed by atoms with Crippen molar-refractivity contribution in [1.29, 1.82) is 0 Å². The van der Waals surface area contributed by atoms with E-state index in [1.165, 1.54) is 103 Å². The quantitative estimate of drug-likeness (QED) is 0.0326. The Morgan fingerprint density at radius 3 is 1.42 bits per heavy atom. The van der Waals surface area contributed by atoms with Crippen molar-refractivity contribution < 1.29 is 24.5 Å². The molecule has 0 heterocycles. The fourth-order valence-corrected chi connectivity index (χ4v) is 6.65. The van der Waals surface area contributed by atoms with Crippen molar-refractivity contribution in [3.05, 3.63) is 48.6 Å². The molecule has 0 aromatic rings. The lowest BCUT2D eigenvalue weighted by atomic mass is 10.1. The zero-order chi connectivity index (χ0) is 40.1. The van der Waals surface area contributed by atoms with E-state index in [-0.39, 0.29) is 18.5 Å². The largest absolute Gasteiger partial charge is 0.466 e. The summed E-state index contributed by atoms with van der Waals surface area (Å²) in [6.07, 6.45) is 53.8. The molecule has 2 atom stereocenters. The fraction of sp³-hybridized carbons (Fsp3) is 0.796. The topological polar surface area (TPSA) is 95.9 Å². The molecule has 320 valence electrons. The van der Waals surface area contributed by atoms with E-state index in [2.05, 4.69) is 55.6 Å². The van der Waals surface area contributed by atoms with Crippen molar-refractivity contribution in [2.45, 2.75) is 238 Å². The second-order valence-corrected chi connectivity index (χ2v) is 15.7. The summed E-state index contributed by atoms with van der Waals surface area (Å²) in [7, 11) is 0. The van der Waals surface area contributed by atoms with Crippen LogP contribution in [-0.4, -0.2) is 47.4 Å². The van der Waals surface area contributed by atoms with Gasteiger partial charge in [-0.1, -0.05) is 172 Å². The molecule has 0 aliphatic rings. The number of carbonyl (C=O) groups is 2. The van der Waals surface area contributed by atoms with E-state index >= 15 is 0 Å². The summed E-state index contributed by atoms with van der Waals surface area (Å²) >= 11 is 0. The van der Waals surface area contributed by atoms with Crippen LogP contribution >= 0.6 is 0 Å². The molecule has 6 nitrogen and oxygen atoms in total. The number of hydrogen-bond acceptors (Lipinski definition) is 5. The van der Waals surface area contributed by atoms with Crippen LogP contribution in [0.5, 0.6) is 0 Å². The van der Waals surface area contributed by atoms with Gasteiger partial charge >= 0.3 is 5.97 Å². The van der Waals surface area contributed by atoms with Crippen molar-refractivity contribution in [3.63, 3.8) is 0 Å². The van der Waals surface area contributed by atoms with Crippen molar-refractivity contribution in [3.8, 4) is 0 Å². The van der Waals surface area contributed by atoms with Crippen LogP contribution < -0.4 is 5.32 Å². The fourth-order valence-electron chi connectivity index (χ4n) is 6.65. The third-order valence-corrected chi connectivity index (χ3v) is 10.3. The molecule has 0 fully saturated rings. The molecule has 0 rings (SSSR count). The molecule has 3 N–H and O–H groups in total. The number of ether oxygens (including phenoxy) is 1. The van der Waals surface area contributed by atoms with Crippen LogP contribution in [0.1, 0.15) is 226 Å².